The van der Waals surface area contributed by atoms with Gasteiger partial charge in [0, 0.05) is 6.54 Å². The lowest BCUT2D eigenvalue weighted by Gasteiger charge is -2.20. The average molecular weight is 249 g/mol. The Morgan fingerprint density at radius 1 is 1.28 bits per heavy atom. The molecule has 2 N–H and O–H groups in total. The van der Waals surface area contributed by atoms with Crippen molar-refractivity contribution < 1.29 is 9.90 Å². The fraction of sp³-hybridized carbons (Fsp3) is 0.533. The Balaban J connectivity index is 2.56. The molecule has 0 fully saturated rings. The van der Waals surface area contributed by atoms with E-state index in [4.69, 9.17) is 5.11 Å². The molecule has 0 spiro atoms. The molecule has 0 bridgehead atoms. The quantitative estimate of drug-likeness (QED) is 0.744. The van der Waals surface area contributed by atoms with Crippen molar-refractivity contribution in [1.82, 2.24) is 5.32 Å². The van der Waals surface area contributed by atoms with Gasteiger partial charge in [0.1, 0.15) is 6.04 Å². The van der Waals surface area contributed by atoms with Gasteiger partial charge in [-0.15, -0.1) is 0 Å². The zero-order chi connectivity index (χ0) is 13.4. The molecule has 0 heterocycles. The lowest BCUT2D eigenvalue weighted by atomic mass is 9.96. The summed E-state index contributed by atoms with van der Waals surface area (Å²) in [5.41, 5.74) is 1.27. The van der Waals surface area contributed by atoms with Gasteiger partial charge in [0.05, 0.1) is 0 Å². The van der Waals surface area contributed by atoms with Gasteiger partial charge in [-0.2, -0.15) is 0 Å². The topological polar surface area (TPSA) is 49.3 Å². The molecule has 1 aromatic carbocycles. The minimum atomic E-state index is -0.750. The third kappa shape index (κ3) is 4.49. The van der Waals surface area contributed by atoms with E-state index in [2.05, 4.69) is 24.4 Å². The summed E-state index contributed by atoms with van der Waals surface area (Å²) in [6.07, 6.45) is 2.57. The zero-order valence-corrected chi connectivity index (χ0v) is 11.2. The lowest BCUT2D eigenvalue weighted by molar-refractivity contribution is -0.139. The van der Waals surface area contributed by atoms with E-state index in [0.717, 1.165) is 19.4 Å². The highest BCUT2D eigenvalue weighted by molar-refractivity contribution is 5.73. The molecule has 1 aromatic rings. The molecule has 0 aromatic heterocycles. The second-order valence-electron chi connectivity index (χ2n) is 4.60. The number of carbonyl (C=O) groups is 1. The van der Waals surface area contributed by atoms with Crippen LogP contribution in [0.1, 0.15) is 44.6 Å². The van der Waals surface area contributed by atoms with E-state index in [1.165, 1.54) is 5.56 Å². The molecule has 0 radical (unpaired) electrons. The Kier molecular flexibility index (Phi) is 6.44. The van der Waals surface area contributed by atoms with Crippen LogP contribution in [0.25, 0.3) is 0 Å². The van der Waals surface area contributed by atoms with Crippen molar-refractivity contribution in [3.8, 4) is 0 Å². The molecule has 2 unspecified atom stereocenters. The Bertz CT molecular complexity index is 351. The van der Waals surface area contributed by atoms with Gasteiger partial charge in [0.2, 0.25) is 0 Å². The van der Waals surface area contributed by atoms with Crippen molar-refractivity contribution in [3.05, 3.63) is 35.9 Å². The maximum Gasteiger partial charge on any atom is 0.320 e. The minimum Gasteiger partial charge on any atom is -0.480 e. The van der Waals surface area contributed by atoms with Crippen LogP contribution in [0.4, 0.5) is 0 Å². The van der Waals surface area contributed by atoms with Crippen molar-refractivity contribution in [1.29, 1.82) is 0 Å². The molecular formula is C15H23NO2. The number of rotatable bonds is 8. The molecule has 2 atom stereocenters. The molecule has 18 heavy (non-hydrogen) atoms. The van der Waals surface area contributed by atoms with Crippen molar-refractivity contribution in [3.63, 3.8) is 0 Å². The summed E-state index contributed by atoms with van der Waals surface area (Å²) in [7, 11) is 0. The van der Waals surface area contributed by atoms with Gasteiger partial charge in [-0.1, -0.05) is 50.6 Å². The van der Waals surface area contributed by atoms with Crippen LogP contribution in [0.2, 0.25) is 0 Å². The summed E-state index contributed by atoms with van der Waals surface area (Å²) in [4.78, 5) is 11.1. The summed E-state index contributed by atoms with van der Waals surface area (Å²) in [5, 5.41) is 12.3. The zero-order valence-electron chi connectivity index (χ0n) is 11.2. The fourth-order valence-corrected chi connectivity index (χ4v) is 2.11. The summed E-state index contributed by atoms with van der Waals surface area (Å²) >= 11 is 0. The lowest BCUT2D eigenvalue weighted by Crippen LogP contribution is -2.38. The van der Waals surface area contributed by atoms with E-state index in [1.54, 1.807) is 0 Å². The second-order valence-corrected chi connectivity index (χ2v) is 4.60. The highest BCUT2D eigenvalue weighted by Crippen LogP contribution is 2.18. The number of aliphatic carboxylic acids is 1. The Hall–Kier alpha value is -1.35. The molecule has 3 heteroatoms. The maximum absolute atomic E-state index is 11.1. The van der Waals surface area contributed by atoms with Crippen molar-refractivity contribution >= 4 is 5.97 Å². The van der Waals surface area contributed by atoms with E-state index in [1.807, 2.05) is 25.1 Å². The van der Waals surface area contributed by atoms with Crippen LogP contribution in [0.5, 0.6) is 0 Å². The van der Waals surface area contributed by atoms with Crippen LogP contribution in [0.15, 0.2) is 30.3 Å². The highest BCUT2D eigenvalue weighted by Gasteiger charge is 2.17. The van der Waals surface area contributed by atoms with Crippen molar-refractivity contribution in [2.75, 3.05) is 6.54 Å². The molecule has 100 valence electrons. The van der Waals surface area contributed by atoms with Crippen molar-refractivity contribution in [2.24, 2.45) is 0 Å². The van der Waals surface area contributed by atoms with Gasteiger partial charge in [-0.25, -0.2) is 0 Å². The first-order chi connectivity index (χ1) is 8.69. The van der Waals surface area contributed by atoms with Crippen LogP contribution >= 0.6 is 0 Å². The second kappa shape index (κ2) is 7.88. The minimum absolute atomic E-state index is 0.380. The smallest absolute Gasteiger partial charge is 0.320 e. The van der Waals surface area contributed by atoms with Crippen LogP contribution in [0.3, 0.4) is 0 Å². The average Bonchev–Trinajstić information content (AvgIpc) is 2.39. The van der Waals surface area contributed by atoms with Gasteiger partial charge in [0.15, 0.2) is 0 Å². The molecule has 0 aliphatic heterocycles. The van der Waals surface area contributed by atoms with E-state index in [-0.39, 0.29) is 0 Å². The van der Waals surface area contributed by atoms with Gasteiger partial charge >= 0.3 is 5.97 Å². The van der Waals surface area contributed by atoms with Crippen LogP contribution in [-0.4, -0.2) is 23.7 Å². The van der Waals surface area contributed by atoms with Gasteiger partial charge in [-0.3, -0.25) is 4.79 Å². The SMILES string of the molecule is CCCC(NCC(CC)c1ccccc1)C(=O)O. The summed E-state index contributed by atoms with van der Waals surface area (Å²) in [5.74, 6) is -0.371. The first-order valence-corrected chi connectivity index (χ1v) is 6.70. The molecular weight excluding hydrogens is 226 g/mol. The maximum atomic E-state index is 11.1. The predicted octanol–water partition coefficient (Wildman–Crippen LogP) is 3.02. The van der Waals surface area contributed by atoms with E-state index in [9.17, 15) is 4.79 Å². The third-order valence-corrected chi connectivity index (χ3v) is 3.25. The molecule has 0 amide bonds. The monoisotopic (exact) mass is 249 g/mol. The van der Waals surface area contributed by atoms with Gasteiger partial charge < -0.3 is 10.4 Å². The fourth-order valence-electron chi connectivity index (χ4n) is 2.11. The van der Waals surface area contributed by atoms with Gasteiger partial charge in [0.25, 0.3) is 0 Å². The first kappa shape index (κ1) is 14.7. The number of hydrogen-bond donors (Lipinski definition) is 2. The number of hydrogen-bond acceptors (Lipinski definition) is 2. The van der Waals surface area contributed by atoms with Crippen molar-refractivity contribution in [2.45, 2.75) is 45.1 Å². The molecule has 0 aliphatic carbocycles. The van der Waals surface area contributed by atoms with E-state index < -0.39 is 12.0 Å². The highest BCUT2D eigenvalue weighted by atomic mass is 16.4. The molecule has 0 aliphatic rings. The van der Waals surface area contributed by atoms with Crippen LogP contribution in [0, 0.1) is 0 Å². The summed E-state index contributed by atoms with van der Waals surface area (Å²) < 4.78 is 0. The predicted molar refractivity (Wildman–Crippen MR) is 73.8 cm³/mol. The summed E-state index contributed by atoms with van der Waals surface area (Å²) in [6.45, 7) is 4.86. The standard InChI is InChI=1S/C15H23NO2/c1-3-8-14(15(17)18)16-11-12(4-2)13-9-6-5-7-10-13/h5-7,9-10,12,14,16H,3-4,8,11H2,1-2H3,(H,17,18). The molecule has 0 saturated carbocycles. The molecule has 3 nitrogen and oxygen atoms in total. The number of carboxylic acid groups (broad SMARTS) is 1. The number of benzene rings is 1. The number of nitrogens with one attached hydrogen (secondary N) is 1. The Morgan fingerprint density at radius 3 is 2.44 bits per heavy atom. The van der Waals surface area contributed by atoms with Gasteiger partial charge in [-0.05, 0) is 24.3 Å². The molecule has 0 saturated heterocycles. The normalized spacial score (nSPS) is 14.1. The van der Waals surface area contributed by atoms with E-state index >= 15 is 0 Å². The number of carboxylic acids is 1. The first-order valence-electron chi connectivity index (χ1n) is 6.70. The van der Waals surface area contributed by atoms with Crippen LogP contribution < -0.4 is 5.32 Å². The van der Waals surface area contributed by atoms with Crippen LogP contribution in [-0.2, 0) is 4.79 Å². The largest absolute Gasteiger partial charge is 0.480 e. The Labute approximate surface area is 109 Å². The Morgan fingerprint density at radius 2 is 1.94 bits per heavy atom. The third-order valence-electron chi connectivity index (χ3n) is 3.25. The molecule has 1 rings (SSSR count). The summed E-state index contributed by atoms with van der Waals surface area (Å²) in [6, 6.07) is 9.84. The van der Waals surface area contributed by atoms with E-state index in [0.29, 0.717) is 12.3 Å².